The number of ether oxygens (including phenoxy) is 2. The molecule has 1 aromatic carbocycles. The second-order valence-electron chi connectivity index (χ2n) is 5.29. The van der Waals surface area contributed by atoms with Crippen molar-refractivity contribution in [1.29, 1.82) is 0 Å². The fraction of sp³-hybridized carbons (Fsp3) is 0.438. The molecular formula is C16H21N3O2. The molecule has 5 nitrogen and oxygen atoms in total. The molecule has 2 heterocycles. The van der Waals surface area contributed by atoms with E-state index in [1.54, 1.807) is 14.2 Å². The number of nitrogens with zero attached hydrogens (tertiary/aromatic N) is 1. The van der Waals surface area contributed by atoms with E-state index < -0.39 is 0 Å². The maximum atomic E-state index is 5.46. The van der Waals surface area contributed by atoms with Gasteiger partial charge in [-0.05, 0) is 31.5 Å². The number of rotatable bonds is 4. The van der Waals surface area contributed by atoms with E-state index in [-0.39, 0.29) is 0 Å². The van der Waals surface area contributed by atoms with Gasteiger partial charge in [-0.1, -0.05) is 0 Å². The van der Waals surface area contributed by atoms with Crippen LogP contribution in [0.1, 0.15) is 24.6 Å². The first-order valence-corrected chi connectivity index (χ1v) is 7.30. The number of H-pyrrole nitrogens is 1. The lowest BCUT2D eigenvalue weighted by atomic mass is 9.99. The van der Waals surface area contributed by atoms with E-state index in [4.69, 9.17) is 9.47 Å². The fourth-order valence-electron chi connectivity index (χ4n) is 2.79. The first-order valence-electron chi connectivity index (χ1n) is 7.30. The van der Waals surface area contributed by atoms with E-state index in [0.717, 1.165) is 41.7 Å². The number of hydrogen-bond donors (Lipinski definition) is 2. The molecule has 2 aromatic rings. The van der Waals surface area contributed by atoms with E-state index in [9.17, 15) is 0 Å². The zero-order chi connectivity index (χ0) is 14.7. The minimum atomic E-state index is 0.469. The maximum Gasteiger partial charge on any atom is 0.131 e. The highest BCUT2D eigenvalue weighted by Crippen LogP contribution is 2.33. The van der Waals surface area contributed by atoms with Crippen LogP contribution < -0.4 is 14.8 Å². The van der Waals surface area contributed by atoms with Gasteiger partial charge in [0.05, 0.1) is 26.1 Å². The van der Waals surface area contributed by atoms with Crippen molar-refractivity contribution in [2.45, 2.75) is 18.8 Å². The van der Waals surface area contributed by atoms with Gasteiger partial charge in [0.2, 0.25) is 0 Å². The van der Waals surface area contributed by atoms with E-state index >= 15 is 0 Å². The zero-order valence-electron chi connectivity index (χ0n) is 12.5. The van der Waals surface area contributed by atoms with Gasteiger partial charge in [0.15, 0.2) is 0 Å². The Morgan fingerprint density at radius 2 is 2.14 bits per heavy atom. The molecular weight excluding hydrogens is 266 g/mol. The summed E-state index contributed by atoms with van der Waals surface area (Å²) in [5, 5.41) is 3.42. The number of aromatic nitrogens is 2. The molecule has 1 saturated heterocycles. The Morgan fingerprint density at radius 3 is 2.86 bits per heavy atom. The van der Waals surface area contributed by atoms with Crippen LogP contribution in [-0.4, -0.2) is 37.3 Å². The highest BCUT2D eigenvalue weighted by Gasteiger charge is 2.19. The number of piperidine rings is 1. The van der Waals surface area contributed by atoms with Gasteiger partial charge in [0, 0.05) is 24.1 Å². The Kier molecular flexibility index (Phi) is 4.10. The minimum absolute atomic E-state index is 0.469. The van der Waals surface area contributed by atoms with Gasteiger partial charge in [0.25, 0.3) is 0 Å². The molecule has 1 aliphatic heterocycles. The Labute approximate surface area is 124 Å². The van der Waals surface area contributed by atoms with Gasteiger partial charge in [-0.15, -0.1) is 0 Å². The van der Waals surface area contributed by atoms with Crippen molar-refractivity contribution in [3.63, 3.8) is 0 Å². The van der Waals surface area contributed by atoms with E-state index in [2.05, 4.69) is 15.3 Å². The standard InChI is InChI=1S/C16H21N3O2/c1-20-12-5-6-13(15(8-12)21-2)14-10-18-16(19-14)11-4-3-7-17-9-11/h5-6,8,10-11,17H,3-4,7,9H2,1-2H3,(H,18,19). The number of methoxy groups -OCH3 is 2. The second-order valence-corrected chi connectivity index (χ2v) is 5.29. The van der Waals surface area contributed by atoms with Crippen molar-refractivity contribution in [2.75, 3.05) is 27.3 Å². The molecule has 1 aliphatic rings. The van der Waals surface area contributed by atoms with Crippen LogP contribution in [0.25, 0.3) is 11.3 Å². The third kappa shape index (κ3) is 2.88. The highest BCUT2D eigenvalue weighted by molar-refractivity contribution is 5.68. The molecule has 5 heteroatoms. The van der Waals surface area contributed by atoms with Gasteiger partial charge in [-0.2, -0.15) is 0 Å². The summed E-state index contributed by atoms with van der Waals surface area (Å²) >= 11 is 0. The summed E-state index contributed by atoms with van der Waals surface area (Å²) in [5.74, 6) is 3.09. The minimum Gasteiger partial charge on any atom is -0.497 e. The van der Waals surface area contributed by atoms with Crippen LogP contribution in [-0.2, 0) is 0 Å². The predicted molar refractivity (Wildman–Crippen MR) is 82.0 cm³/mol. The molecule has 1 aromatic heterocycles. The zero-order valence-corrected chi connectivity index (χ0v) is 12.5. The second kappa shape index (κ2) is 6.18. The van der Waals surface area contributed by atoms with Crippen molar-refractivity contribution < 1.29 is 9.47 Å². The molecule has 112 valence electrons. The predicted octanol–water partition coefficient (Wildman–Crippen LogP) is 2.56. The van der Waals surface area contributed by atoms with E-state index in [0.29, 0.717) is 5.92 Å². The lowest BCUT2D eigenvalue weighted by Gasteiger charge is -2.20. The molecule has 0 saturated carbocycles. The van der Waals surface area contributed by atoms with Crippen molar-refractivity contribution in [3.05, 3.63) is 30.2 Å². The largest absolute Gasteiger partial charge is 0.497 e. The summed E-state index contributed by atoms with van der Waals surface area (Å²) in [4.78, 5) is 7.99. The van der Waals surface area contributed by atoms with Crippen LogP contribution >= 0.6 is 0 Å². The summed E-state index contributed by atoms with van der Waals surface area (Å²) in [6.45, 7) is 2.10. The topological polar surface area (TPSA) is 59.2 Å². The Morgan fingerprint density at radius 1 is 1.24 bits per heavy atom. The first-order chi connectivity index (χ1) is 10.3. The third-order valence-corrected chi connectivity index (χ3v) is 3.98. The molecule has 0 aliphatic carbocycles. The first kappa shape index (κ1) is 13.9. The number of nitrogens with one attached hydrogen (secondary N) is 2. The monoisotopic (exact) mass is 287 g/mol. The summed E-state index contributed by atoms with van der Waals surface area (Å²) < 4.78 is 10.7. The van der Waals surface area contributed by atoms with E-state index in [1.807, 2.05) is 24.4 Å². The van der Waals surface area contributed by atoms with Crippen LogP contribution in [0.15, 0.2) is 24.4 Å². The Hall–Kier alpha value is -2.01. The number of imidazole rings is 1. The van der Waals surface area contributed by atoms with Gasteiger partial charge >= 0.3 is 0 Å². The van der Waals surface area contributed by atoms with Gasteiger partial charge < -0.3 is 19.8 Å². The van der Waals surface area contributed by atoms with Crippen molar-refractivity contribution in [2.24, 2.45) is 0 Å². The molecule has 21 heavy (non-hydrogen) atoms. The van der Waals surface area contributed by atoms with Gasteiger partial charge in [0.1, 0.15) is 17.3 Å². The third-order valence-electron chi connectivity index (χ3n) is 3.98. The van der Waals surface area contributed by atoms with Crippen LogP contribution in [0.3, 0.4) is 0 Å². The van der Waals surface area contributed by atoms with Gasteiger partial charge in [-0.25, -0.2) is 4.98 Å². The molecule has 2 N–H and O–H groups in total. The Balaban J connectivity index is 1.88. The molecule has 1 fully saturated rings. The van der Waals surface area contributed by atoms with Gasteiger partial charge in [-0.3, -0.25) is 0 Å². The molecule has 1 unspecified atom stereocenters. The molecule has 0 bridgehead atoms. The van der Waals surface area contributed by atoms with Crippen LogP contribution in [0, 0.1) is 0 Å². The van der Waals surface area contributed by atoms with Crippen molar-refractivity contribution >= 4 is 0 Å². The quantitative estimate of drug-likeness (QED) is 0.907. The lowest BCUT2D eigenvalue weighted by molar-refractivity contribution is 0.395. The maximum absolute atomic E-state index is 5.46. The van der Waals surface area contributed by atoms with Crippen LogP contribution in [0.5, 0.6) is 11.5 Å². The highest BCUT2D eigenvalue weighted by atomic mass is 16.5. The average molecular weight is 287 g/mol. The molecule has 0 radical (unpaired) electrons. The summed E-state index contributed by atoms with van der Waals surface area (Å²) in [6.07, 6.45) is 4.26. The smallest absolute Gasteiger partial charge is 0.131 e. The van der Waals surface area contributed by atoms with E-state index in [1.165, 1.54) is 12.8 Å². The molecule has 0 spiro atoms. The SMILES string of the molecule is COc1ccc(-c2cnc(C3CCCNC3)[nH]2)c(OC)c1. The molecule has 0 amide bonds. The van der Waals surface area contributed by atoms with Crippen molar-refractivity contribution in [1.82, 2.24) is 15.3 Å². The van der Waals surface area contributed by atoms with Crippen LogP contribution in [0.4, 0.5) is 0 Å². The average Bonchev–Trinajstić information content (AvgIpc) is 3.04. The molecule has 1 atom stereocenters. The fourth-order valence-corrected chi connectivity index (χ4v) is 2.79. The summed E-state index contributed by atoms with van der Waals surface area (Å²) in [7, 11) is 3.32. The molecule has 3 rings (SSSR count). The normalized spacial score (nSPS) is 18.5. The number of aromatic amines is 1. The van der Waals surface area contributed by atoms with Crippen molar-refractivity contribution in [3.8, 4) is 22.8 Å². The summed E-state index contributed by atoms with van der Waals surface area (Å²) in [6, 6.07) is 5.81. The number of benzene rings is 1. The number of hydrogen-bond acceptors (Lipinski definition) is 4. The Bertz CT molecular complexity index is 603. The lowest BCUT2D eigenvalue weighted by Crippen LogP contribution is -2.28. The van der Waals surface area contributed by atoms with Crippen LogP contribution in [0.2, 0.25) is 0 Å². The summed E-state index contributed by atoms with van der Waals surface area (Å²) in [5.41, 5.74) is 1.98.